The van der Waals surface area contributed by atoms with Gasteiger partial charge in [0, 0.05) is 42.0 Å². The van der Waals surface area contributed by atoms with Gasteiger partial charge in [0.15, 0.2) is 16.8 Å². The highest BCUT2D eigenvalue weighted by atomic mass is 32.1. The van der Waals surface area contributed by atoms with Gasteiger partial charge >= 0.3 is 0 Å². The Morgan fingerprint density at radius 1 is 1.00 bits per heavy atom. The van der Waals surface area contributed by atoms with Crippen LogP contribution in [0.5, 0.6) is 0 Å². The number of benzene rings is 2. The monoisotopic (exact) mass is 443 g/mol. The summed E-state index contributed by atoms with van der Waals surface area (Å²) in [5, 5.41) is 3.08. The van der Waals surface area contributed by atoms with Crippen LogP contribution in [0.2, 0.25) is 0 Å². The quantitative estimate of drug-likeness (QED) is 0.417. The molecule has 0 bridgehead atoms. The number of hydrogen-bond acceptors (Lipinski definition) is 5. The predicted octanol–water partition coefficient (Wildman–Crippen LogP) is 5.38. The molecule has 31 heavy (non-hydrogen) atoms. The van der Waals surface area contributed by atoms with Gasteiger partial charge in [-0.2, -0.15) is 0 Å². The highest BCUT2D eigenvalue weighted by Gasteiger charge is 2.12. The van der Waals surface area contributed by atoms with E-state index in [1.807, 2.05) is 0 Å². The Labute approximate surface area is 179 Å². The number of rotatable bonds is 7. The molecular weight excluding hydrogens is 427 g/mol. The number of amides is 1. The Kier molecular flexibility index (Phi) is 6.13. The summed E-state index contributed by atoms with van der Waals surface area (Å²) in [6.07, 6.45) is 3.74. The summed E-state index contributed by atoms with van der Waals surface area (Å²) in [6, 6.07) is 9.26. The first-order valence-electron chi connectivity index (χ1n) is 9.35. The van der Waals surface area contributed by atoms with Gasteiger partial charge in [-0.15, -0.1) is 11.3 Å². The summed E-state index contributed by atoms with van der Waals surface area (Å²) >= 11 is 1.22. The van der Waals surface area contributed by atoms with Crippen molar-refractivity contribution in [1.29, 1.82) is 0 Å². The summed E-state index contributed by atoms with van der Waals surface area (Å²) < 4.78 is 45.4. The number of oxazole rings is 1. The molecule has 9 heteroatoms. The van der Waals surface area contributed by atoms with E-state index in [1.165, 1.54) is 41.8 Å². The Bertz CT molecular complexity index is 1200. The lowest BCUT2D eigenvalue weighted by atomic mass is 10.1. The van der Waals surface area contributed by atoms with E-state index in [0.717, 1.165) is 10.9 Å². The average Bonchev–Trinajstić information content (AvgIpc) is 3.39. The summed E-state index contributed by atoms with van der Waals surface area (Å²) in [5.41, 5.74) is 1.04. The highest BCUT2D eigenvalue weighted by molar-refractivity contribution is 7.15. The molecule has 0 fully saturated rings. The molecule has 0 aliphatic carbocycles. The van der Waals surface area contributed by atoms with Gasteiger partial charge in [0.25, 0.3) is 0 Å². The van der Waals surface area contributed by atoms with Crippen molar-refractivity contribution in [2.24, 2.45) is 0 Å². The molecule has 5 nitrogen and oxygen atoms in total. The first-order chi connectivity index (χ1) is 15.0. The Hall–Kier alpha value is -3.46. The number of carbonyl (C=O) groups excluding carboxylic acids is 1. The molecule has 0 aliphatic heterocycles. The molecule has 0 spiro atoms. The molecular formula is C22H16F3N3O2S. The molecule has 1 amide bonds. The lowest BCUT2D eigenvalue weighted by Crippen LogP contribution is -2.12. The number of aromatic nitrogens is 2. The number of aryl methyl sites for hydroxylation is 1. The summed E-state index contributed by atoms with van der Waals surface area (Å²) in [5.74, 6) is -0.975. The third-order valence-electron chi connectivity index (χ3n) is 4.43. The smallest absolute Gasteiger partial charge is 0.226 e. The summed E-state index contributed by atoms with van der Waals surface area (Å²) in [6.45, 7) is 0. The van der Waals surface area contributed by atoms with E-state index in [0.29, 0.717) is 27.9 Å². The van der Waals surface area contributed by atoms with Crippen molar-refractivity contribution in [3.05, 3.63) is 88.6 Å². The molecule has 4 aromatic rings. The van der Waals surface area contributed by atoms with Crippen molar-refractivity contribution in [3.63, 3.8) is 0 Å². The number of carbonyl (C=O) groups is 1. The van der Waals surface area contributed by atoms with Crippen molar-refractivity contribution < 1.29 is 22.4 Å². The largest absolute Gasteiger partial charge is 0.441 e. The normalized spacial score (nSPS) is 10.9. The predicted molar refractivity (Wildman–Crippen MR) is 110 cm³/mol. The molecule has 2 aromatic carbocycles. The van der Waals surface area contributed by atoms with E-state index in [1.54, 1.807) is 18.3 Å². The molecule has 0 saturated carbocycles. The minimum absolute atomic E-state index is 0.130. The number of nitrogens with one attached hydrogen (secondary N) is 1. The zero-order valence-corrected chi connectivity index (χ0v) is 16.9. The van der Waals surface area contributed by atoms with Gasteiger partial charge in [0.1, 0.15) is 17.5 Å². The Balaban J connectivity index is 1.30. The zero-order valence-electron chi connectivity index (χ0n) is 16.1. The standard InChI is InChI=1S/C22H16F3N3O2S/c23-15-4-1-13(2-5-15)19-12-26-21(30-19)8-7-20(29)28-22-27-11-17(31-22)9-14-3-6-16(24)10-18(14)25/h1-6,10-12H,7-9H2,(H,27,28,29). The molecule has 158 valence electrons. The van der Waals surface area contributed by atoms with Crippen molar-refractivity contribution in [1.82, 2.24) is 9.97 Å². The van der Waals surface area contributed by atoms with Gasteiger partial charge in [0.05, 0.1) is 6.20 Å². The minimum atomic E-state index is -0.630. The van der Waals surface area contributed by atoms with Gasteiger partial charge in [-0.05, 0) is 35.9 Å². The van der Waals surface area contributed by atoms with Crippen molar-refractivity contribution in [3.8, 4) is 11.3 Å². The number of hydrogen-bond donors (Lipinski definition) is 1. The highest BCUT2D eigenvalue weighted by Crippen LogP contribution is 2.24. The second kappa shape index (κ2) is 9.13. The molecule has 0 unspecified atom stereocenters. The maximum absolute atomic E-state index is 13.8. The van der Waals surface area contributed by atoms with Gasteiger partial charge < -0.3 is 9.73 Å². The second-order valence-corrected chi connectivity index (χ2v) is 7.83. The fourth-order valence-electron chi connectivity index (χ4n) is 2.88. The molecule has 1 N–H and O–H groups in total. The van der Waals surface area contributed by atoms with Crippen molar-refractivity contribution in [2.75, 3.05) is 5.32 Å². The van der Waals surface area contributed by atoms with Crippen LogP contribution in [0.15, 0.2) is 59.3 Å². The van der Waals surface area contributed by atoms with Crippen LogP contribution in [0.4, 0.5) is 18.3 Å². The van der Waals surface area contributed by atoms with Crippen LogP contribution in [0.25, 0.3) is 11.3 Å². The van der Waals surface area contributed by atoms with Crippen LogP contribution in [-0.2, 0) is 17.6 Å². The Morgan fingerprint density at radius 3 is 2.55 bits per heavy atom. The molecule has 0 atom stereocenters. The van der Waals surface area contributed by atoms with Crippen LogP contribution in [0, 0.1) is 17.5 Å². The van der Waals surface area contributed by atoms with Crippen LogP contribution in [0.3, 0.4) is 0 Å². The van der Waals surface area contributed by atoms with Crippen LogP contribution < -0.4 is 5.32 Å². The second-order valence-electron chi connectivity index (χ2n) is 6.72. The lowest BCUT2D eigenvalue weighted by molar-refractivity contribution is -0.116. The third kappa shape index (κ3) is 5.37. The molecule has 0 radical (unpaired) electrons. The number of anilines is 1. The minimum Gasteiger partial charge on any atom is -0.441 e. The molecule has 2 heterocycles. The van der Waals surface area contributed by atoms with E-state index in [4.69, 9.17) is 4.42 Å². The molecule has 0 aliphatic rings. The summed E-state index contributed by atoms with van der Waals surface area (Å²) in [7, 11) is 0. The zero-order chi connectivity index (χ0) is 21.8. The first kappa shape index (κ1) is 20.8. The first-order valence-corrected chi connectivity index (χ1v) is 10.2. The van der Waals surface area contributed by atoms with Gasteiger partial charge in [-0.3, -0.25) is 4.79 Å². The summed E-state index contributed by atoms with van der Waals surface area (Å²) in [4.78, 5) is 21.2. The van der Waals surface area contributed by atoms with Gasteiger partial charge in [-0.1, -0.05) is 6.07 Å². The van der Waals surface area contributed by atoms with Gasteiger partial charge in [0.2, 0.25) is 5.91 Å². The number of halogens is 3. The van der Waals surface area contributed by atoms with Crippen LogP contribution >= 0.6 is 11.3 Å². The maximum Gasteiger partial charge on any atom is 0.226 e. The topological polar surface area (TPSA) is 68.0 Å². The maximum atomic E-state index is 13.8. The van der Waals surface area contributed by atoms with E-state index < -0.39 is 11.6 Å². The van der Waals surface area contributed by atoms with E-state index >= 15 is 0 Å². The number of nitrogens with zero attached hydrogens (tertiary/aromatic N) is 2. The van der Waals surface area contributed by atoms with Crippen molar-refractivity contribution >= 4 is 22.4 Å². The molecule has 0 saturated heterocycles. The van der Waals surface area contributed by atoms with Crippen LogP contribution in [0.1, 0.15) is 22.8 Å². The van der Waals surface area contributed by atoms with E-state index in [9.17, 15) is 18.0 Å². The van der Waals surface area contributed by atoms with E-state index in [-0.39, 0.29) is 31.0 Å². The molecule has 2 aromatic heterocycles. The fourth-order valence-corrected chi connectivity index (χ4v) is 3.73. The Morgan fingerprint density at radius 2 is 1.77 bits per heavy atom. The molecule has 4 rings (SSSR count). The van der Waals surface area contributed by atoms with E-state index in [2.05, 4.69) is 15.3 Å². The number of thiazole rings is 1. The van der Waals surface area contributed by atoms with Crippen LogP contribution in [-0.4, -0.2) is 15.9 Å². The third-order valence-corrected chi connectivity index (χ3v) is 5.34. The lowest BCUT2D eigenvalue weighted by Gasteiger charge is -2.01. The van der Waals surface area contributed by atoms with Crippen molar-refractivity contribution in [2.45, 2.75) is 19.3 Å². The van der Waals surface area contributed by atoms with Gasteiger partial charge in [-0.25, -0.2) is 23.1 Å². The SMILES string of the molecule is O=C(CCc1ncc(-c2ccc(F)cc2)o1)Nc1ncc(Cc2ccc(F)cc2F)s1. The fraction of sp³-hybridized carbons (Fsp3) is 0.136. The average molecular weight is 443 g/mol.